The average Bonchev–Trinajstić information content (AvgIpc) is 3.30. The molecule has 2 aromatic rings. The molecule has 126 valence electrons. The number of amides is 1. The molecule has 4 rings (SSSR count). The number of hydrogen-bond acceptors (Lipinski definition) is 4. The third-order valence-corrected chi connectivity index (χ3v) is 6.38. The number of carbonyl (C=O) groups excluding carboxylic acids is 1. The second kappa shape index (κ2) is 6.88. The number of thioether (sulfide) groups is 1. The Hall–Kier alpha value is -1.34. The highest BCUT2D eigenvalue weighted by Gasteiger charge is 2.39. The Balaban J connectivity index is 1.30. The summed E-state index contributed by atoms with van der Waals surface area (Å²) >= 11 is 4.79. The minimum absolute atomic E-state index is 0.0903. The van der Waals surface area contributed by atoms with Crippen molar-refractivity contribution in [1.82, 2.24) is 20.5 Å². The Kier molecular flexibility index (Phi) is 4.63. The van der Waals surface area contributed by atoms with E-state index in [0.29, 0.717) is 22.9 Å². The molecule has 0 aliphatic heterocycles. The predicted molar refractivity (Wildman–Crippen MR) is 97.6 cm³/mol. The van der Waals surface area contributed by atoms with Crippen molar-refractivity contribution in [1.29, 1.82) is 0 Å². The van der Waals surface area contributed by atoms with Crippen LogP contribution in [-0.2, 0) is 4.79 Å². The van der Waals surface area contributed by atoms with Gasteiger partial charge in [0, 0.05) is 16.1 Å². The number of rotatable bonds is 5. The van der Waals surface area contributed by atoms with Crippen LogP contribution in [-0.4, -0.2) is 32.9 Å². The largest absolute Gasteiger partial charge is 0.352 e. The Morgan fingerprint density at radius 2 is 2.12 bits per heavy atom. The van der Waals surface area contributed by atoms with Crippen molar-refractivity contribution in [3.05, 3.63) is 28.7 Å². The van der Waals surface area contributed by atoms with Crippen LogP contribution >= 0.6 is 27.7 Å². The zero-order valence-corrected chi connectivity index (χ0v) is 15.6. The van der Waals surface area contributed by atoms with E-state index in [1.807, 2.05) is 24.3 Å². The molecule has 2 saturated carbocycles. The van der Waals surface area contributed by atoms with Crippen LogP contribution in [0.2, 0.25) is 0 Å². The SMILES string of the molecule is O=C(CSc1n[nH]c(-c2ccc(Br)cc2)n1)N[C@@H]1C[C@@H]2CC[C@@H]1C2. The summed E-state index contributed by atoms with van der Waals surface area (Å²) in [5.74, 6) is 2.72. The van der Waals surface area contributed by atoms with E-state index < -0.39 is 0 Å². The van der Waals surface area contributed by atoms with Gasteiger partial charge in [-0.15, -0.1) is 5.10 Å². The molecule has 0 unspecified atom stereocenters. The van der Waals surface area contributed by atoms with Crippen molar-refractivity contribution in [2.75, 3.05) is 5.75 Å². The molecule has 2 aliphatic carbocycles. The van der Waals surface area contributed by atoms with Gasteiger partial charge >= 0.3 is 0 Å². The van der Waals surface area contributed by atoms with Crippen LogP contribution in [0, 0.1) is 11.8 Å². The van der Waals surface area contributed by atoms with Gasteiger partial charge in [-0.05, 0) is 43.2 Å². The lowest BCUT2D eigenvalue weighted by atomic mass is 9.95. The molecule has 0 radical (unpaired) electrons. The first-order chi connectivity index (χ1) is 11.7. The molecular formula is C17H19BrN4OS. The molecule has 24 heavy (non-hydrogen) atoms. The third-order valence-electron chi connectivity index (χ3n) is 5.00. The highest BCUT2D eigenvalue weighted by Crippen LogP contribution is 2.44. The van der Waals surface area contributed by atoms with Crippen molar-refractivity contribution in [3.63, 3.8) is 0 Å². The zero-order valence-electron chi connectivity index (χ0n) is 13.2. The van der Waals surface area contributed by atoms with Gasteiger partial charge in [0.15, 0.2) is 5.82 Å². The molecule has 2 bridgehead atoms. The molecule has 2 aliphatic rings. The van der Waals surface area contributed by atoms with Gasteiger partial charge in [0.2, 0.25) is 11.1 Å². The van der Waals surface area contributed by atoms with Gasteiger partial charge < -0.3 is 5.32 Å². The maximum atomic E-state index is 12.2. The topological polar surface area (TPSA) is 70.7 Å². The highest BCUT2D eigenvalue weighted by atomic mass is 79.9. The molecule has 1 heterocycles. The average molecular weight is 407 g/mol. The van der Waals surface area contributed by atoms with E-state index in [4.69, 9.17) is 0 Å². The maximum absolute atomic E-state index is 12.2. The van der Waals surface area contributed by atoms with Gasteiger partial charge in [-0.1, -0.05) is 46.2 Å². The smallest absolute Gasteiger partial charge is 0.230 e. The predicted octanol–water partition coefficient (Wildman–Crippen LogP) is 3.63. The molecule has 2 N–H and O–H groups in total. The fourth-order valence-electron chi connectivity index (χ4n) is 3.85. The van der Waals surface area contributed by atoms with E-state index in [0.717, 1.165) is 28.2 Å². The minimum Gasteiger partial charge on any atom is -0.352 e. The van der Waals surface area contributed by atoms with Gasteiger partial charge in [0.05, 0.1) is 5.75 Å². The quantitative estimate of drug-likeness (QED) is 0.743. The zero-order chi connectivity index (χ0) is 16.5. The molecule has 0 saturated heterocycles. The third kappa shape index (κ3) is 3.52. The van der Waals surface area contributed by atoms with Crippen LogP contribution in [0.5, 0.6) is 0 Å². The van der Waals surface area contributed by atoms with Crippen molar-refractivity contribution in [3.8, 4) is 11.4 Å². The fraction of sp³-hybridized carbons (Fsp3) is 0.471. The molecule has 0 spiro atoms. The number of aromatic nitrogens is 3. The van der Waals surface area contributed by atoms with E-state index >= 15 is 0 Å². The Morgan fingerprint density at radius 1 is 1.29 bits per heavy atom. The van der Waals surface area contributed by atoms with Gasteiger partial charge in [-0.2, -0.15) is 0 Å². The number of hydrogen-bond donors (Lipinski definition) is 2. The Morgan fingerprint density at radius 3 is 2.83 bits per heavy atom. The van der Waals surface area contributed by atoms with Gasteiger partial charge in [-0.3, -0.25) is 9.89 Å². The lowest BCUT2D eigenvalue weighted by molar-refractivity contribution is -0.119. The molecule has 1 amide bonds. The normalized spacial score (nSPS) is 25.1. The van der Waals surface area contributed by atoms with Crippen LogP contribution < -0.4 is 5.32 Å². The molecule has 5 nitrogen and oxygen atoms in total. The fourth-order valence-corrected chi connectivity index (χ4v) is 4.72. The summed E-state index contributed by atoms with van der Waals surface area (Å²) in [6.45, 7) is 0. The molecule has 1 aromatic carbocycles. The van der Waals surface area contributed by atoms with Crippen molar-refractivity contribution in [2.24, 2.45) is 11.8 Å². The first kappa shape index (κ1) is 16.1. The second-order valence-corrected chi connectivity index (χ2v) is 8.47. The van der Waals surface area contributed by atoms with Gasteiger partial charge in [0.1, 0.15) is 0 Å². The van der Waals surface area contributed by atoms with E-state index in [1.54, 1.807) is 0 Å². The summed E-state index contributed by atoms with van der Waals surface area (Å²) in [7, 11) is 0. The number of aromatic amines is 1. The van der Waals surface area contributed by atoms with Crippen LogP contribution in [0.1, 0.15) is 25.7 Å². The number of fused-ring (bicyclic) bond motifs is 2. The minimum atomic E-state index is 0.0903. The monoisotopic (exact) mass is 406 g/mol. The van der Waals surface area contributed by atoms with Crippen LogP contribution in [0.15, 0.2) is 33.9 Å². The maximum Gasteiger partial charge on any atom is 0.230 e. The standard InChI is InChI=1S/C17H19BrN4OS/c18-13-5-3-11(4-6-13)16-20-17(22-21-16)24-9-15(23)19-14-8-10-1-2-12(14)7-10/h3-6,10,12,14H,1-2,7-9H2,(H,19,23)(H,20,21,22)/t10-,12-,14-/m1/s1. The highest BCUT2D eigenvalue weighted by molar-refractivity contribution is 9.10. The van der Waals surface area contributed by atoms with E-state index in [2.05, 4.69) is 36.4 Å². The van der Waals surface area contributed by atoms with Crippen molar-refractivity contribution < 1.29 is 4.79 Å². The molecule has 3 atom stereocenters. The van der Waals surface area contributed by atoms with Crippen molar-refractivity contribution >= 4 is 33.6 Å². The van der Waals surface area contributed by atoms with Crippen LogP contribution in [0.25, 0.3) is 11.4 Å². The lowest BCUT2D eigenvalue weighted by Gasteiger charge is -2.22. The van der Waals surface area contributed by atoms with E-state index in [1.165, 1.54) is 31.0 Å². The van der Waals surface area contributed by atoms with Crippen LogP contribution in [0.4, 0.5) is 0 Å². The number of nitrogens with one attached hydrogen (secondary N) is 2. The van der Waals surface area contributed by atoms with E-state index in [-0.39, 0.29) is 5.91 Å². The van der Waals surface area contributed by atoms with E-state index in [9.17, 15) is 4.79 Å². The molecule has 2 fully saturated rings. The molecule has 1 aromatic heterocycles. The van der Waals surface area contributed by atoms with Crippen molar-refractivity contribution in [2.45, 2.75) is 36.9 Å². The number of carbonyl (C=O) groups is 1. The molecular weight excluding hydrogens is 388 g/mol. The number of halogens is 1. The first-order valence-corrected chi connectivity index (χ1v) is 10.1. The summed E-state index contributed by atoms with van der Waals surface area (Å²) in [6, 6.07) is 8.27. The summed E-state index contributed by atoms with van der Waals surface area (Å²) in [5.41, 5.74) is 0.976. The summed E-state index contributed by atoms with van der Waals surface area (Å²) < 4.78 is 1.03. The lowest BCUT2D eigenvalue weighted by Crippen LogP contribution is -2.39. The molecule has 7 heteroatoms. The summed E-state index contributed by atoms with van der Waals surface area (Å²) in [4.78, 5) is 16.6. The number of benzene rings is 1. The first-order valence-electron chi connectivity index (χ1n) is 8.28. The number of nitrogens with zero attached hydrogens (tertiary/aromatic N) is 2. The van der Waals surface area contributed by atoms with Gasteiger partial charge in [-0.25, -0.2) is 4.98 Å². The van der Waals surface area contributed by atoms with Gasteiger partial charge in [0.25, 0.3) is 0 Å². The Labute approximate surface area is 153 Å². The summed E-state index contributed by atoms with van der Waals surface area (Å²) in [6.07, 6.45) is 5.09. The van der Waals surface area contributed by atoms with Crippen LogP contribution in [0.3, 0.4) is 0 Å². The Bertz CT molecular complexity index is 732. The second-order valence-electron chi connectivity index (χ2n) is 6.61. The number of H-pyrrole nitrogens is 1. The summed E-state index contributed by atoms with van der Waals surface area (Å²) in [5, 5.41) is 10.9.